The Morgan fingerprint density at radius 2 is 2.00 bits per heavy atom. The lowest BCUT2D eigenvalue weighted by molar-refractivity contribution is -0.384. The number of fused-ring (bicyclic) bond motifs is 1. The number of nitrogens with zero attached hydrogens (tertiary/aromatic N) is 3. The number of hydrogen-bond acceptors (Lipinski definition) is 5. The number of nitro groups is 1. The van der Waals surface area contributed by atoms with Crippen molar-refractivity contribution in [2.45, 2.75) is 32.5 Å². The third kappa shape index (κ3) is 3.99. The van der Waals surface area contributed by atoms with Crippen molar-refractivity contribution in [2.24, 2.45) is 0 Å². The van der Waals surface area contributed by atoms with Gasteiger partial charge in [-0.1, -0.05) is 19.1 Å². The molecule has 1 N–H and O–H groups in total. The van der Waals surface area contributed by atoms with E-state index in [-0.39, 0.29) is 22.6 Å². The number of carbonyl (C=O) groups is 1. The van der Waals surface area contributed by atoms with Crippen LogP contribution in [0.25, 0.3) is 0 Å². The van der Waals surface area contributed by atoms with E-state index in [2.05, 4.69) is 20.9 Å². The Labute approximate surface area is 174 Å². The molecule has 1 aliphatic heterocycles. The number of aromatic nitrogens is 1. The highest BCUT2D eigenvalue weighted by Crippen LogP contribution is 2.34. The zero-order valence-corrected chi connectivity index (χ0v) is 16.8. The van der Waals surface area contributed by atoms with Crippen molar-refractivity contribution in [3.8, 4) is 0 Å². The van der Waals surface area contributed by atoms with Gasteiger partial charge in [0.15, 0.2) is 5.76 Å². The largest absolute Gasteiger partial charge is 0.455 e. The molecule has 4 rings (SSSR count). The monoisotopic (exact) mass is 408 g/mol. The SMILES string of the molecule is CCCNC(=O)c1ccc(CN2CCn3cccc3C2c2ccc([N+](=O)[O-])cc2)o1. The lowest BCUT2D eigenvalue weighted by Crippen LogP contribution is -2.37. The van der Waals surface area contributed by atoms with E-state index in [1.165, 1.54) is 0 Å². The average Bonchev–Trinajstić information content (AvgIpc) is 3.41. The molecule has 1 aromatic carbocycles. The van der Waals surface area contributed by atoms with Crippen molar-refractivity contribution in [1.82, 2.24) is 14.8 Å². The zero-order valence-electron chi connectivity index (χ0n) is 16.8. The van der Waals surface area contributed by atoms with Crippen molar-refractivity contribution in [2.75, 3.05) is 13.1 Å². The van der Waals surface area contributed by atoms with Crippen LogP contribution in [0.4, 0.5) is 5.69 Å². The summed E-state index contributed by atoms with van der Waals surface area (Å²) in [6, 6.07) is 14.3. The maximum absolute atomic E-state index is 12.1. The molecular formula is C22H24N4O4. The van der Waals surface area contributed by atoms with Crippen molar-refractivity contribution in [3.05, 3.63) is 87.6 Å². The Hall–Kier alpha value is -3.39. The van der Waals surface area contributed by atoms with Crippen LogP contribution >= 0.6 is 0 Å². The van der Waals surface area contributed by atoms with Gasteiger partial charge in [0.25, 0.3) is 11.6 Å². The van der Waals surface area contributed by atoms with Crippen LogP contribution in [-0.4, -0.2) is 33.4 Å². The molecule has 2 aromatic heterocycles. The summed E-state index contributed by atoms with van der Waals surface area (Å²) in [4.78, 5) is 25.0. The second kappa shape index (κ2) is 8.54. The molecular weight excluding hydrogens is 384 g/mol. The number of rotatable bonds is 7. The summed E-state index contributed by atoms with van der Waals surface area (Å²) in [5.41, 5.74) is 2.18. The summed E-state index contributed by atoms with van der Waals surface area (Å²) in [5, 5.41) is 13.8. The molecule has 0 spiro atoms. The average molecular weight is 408 g/mol. The molecule has 30 heavy (non-hydrogen) atoms. The Morgan fingerprint density at radius 1 is 1.20 bits per heavy atom. The van der Waals surface area contributed by atoms with Crippen LogP contribution < -0.4 is 5.32 Å². The standard InChI is InChI=1S/C22H24N4O4/c1-2-11-23-22(27)20-10-9-18(30-20)15-25-14-13-24-12-3-4-19(24)21(25)16-5-7-17(8-6-16)26(28)29/h3-10,12,21H,2,11,13-15H2,1H3,(H,23,27). The van der Waals surface area contributed by atoms with Crippen molar-refractivity contribution in [3.63, 3.8) is 0 Å². The molecule has 156 valence electrons. The van der Waals surface area contributed by atoms with E-state index in [0.29, 0.717) is 24.6 Å². The fourth-order valence-electron chi connectivity index (χ4n) is 3.87. The lowest BCUT2D eigenvalue weighted by atomic mass is 9.99. The molecule has 3 heterocycles. The predicted octanol–water partition coefficient (Wildman–Crippen LogP) is 3.73. The van der Waals surface area contributed by atoms with Gasteiger partial charge in [0.1, 0.15) is 5.76 Å². The molecule has 0 bridgehead atoms. The summed E-state index contributed by atoms with van der Waals surface area (Å²) in [6.07, 6.45) is 2.91. The van der Waals surface area contributed by atoms with E-state index in [1.807, 2.05) is 37.4 Å². The highest BCUT2D eigenvalue weighted by Gasteiger charge is 2.30. The van der Waals surface area contributed by atoms with Gasteiger partial charge < -0.3 is 14.3 Å². The molecule has 0 radical (unpaired) electrons. The second-order valence-corrected chi connectivity index (χ2v) is 7.37. The molecule has 1 aliphatic rings. The molecule has 8 nitrogen and oxygen atoms in total. The maximum Gasteiger partial charge on any atom is 0.286 e. The quantitative estimate of drug-likeness (QED) is 0.475. The minimum absolute atomic E-state index is 0.0583. The smallest absolute Gasteiger partial charge is 0.286 e. The molecule has 0 saturated heterocycles. The number of nitrogens with one attached hydrogen (secondary N) is 1. The first kappa shape index (κ1) is 19.9. The van der Waals surface area contributed by atoms with Crippen LogP contribution in [0.5, 0.6) is 0 Å². The van der Waals surface area contributed by atoms with Crippen LogP contribution in [0.3, 0.4) is 0 Å². The Morgan fingerprint density at radius 3 is 2.73 bits per heavy atom. The third-order valence-corrected chi connectivity index (χ3v) is 5.34. The van der Waals surface area contributed by atoms with Gasteiger partial charge >= 0.3 is 0 Å². The molecule has 0 fully saturated rings. The molecule has 1 amide bonds. The summed E-state index contributed by atoms with van der Waals surface area (Å²) in [7, 11) is 0. The topological polar surface area (TPSA) is 93.5 Å². The van der Waals surface area contributed by atoms with Gasteiger partial charge in [-0.05, 0) is 36.2 Å². The zero-order chi connectivity index (χ0) is 21.1. The van der Waals surface area contributed by atoms with Gasteiger partial charge in [-0.25, -0.2) is 0 Å². The Balaban J connectivity index is 1.58. The van der Waals surface area contributed by atoms with Gasteiger partial charge in [0, 0.05) is 43.7 Å². The Bertz CT molecular complexity index is 1040. The van der Waals surface area contributed by atoms with Gasteiger partial charge in [-0.2, -0.15) is 0 Å². The van der Waals surface area contributed by atoms with Crippen LogP contribution in [-0.2, 0) is 13.1 Å². The maximum atomic E-state index is 12.1. The summed E-state index contributed by atoms with van der Waals surface area (Å²) < 4.78 is 8.00. The highest BCUT2D eigenvalue weighted by molar-refractivity contribution is 5.91. The number of furan rings is 1. The molecule has 1 atom stereocenters. The number of benzene rings is 1. The first-order chi connectivity index (χ1) is 14.6. The Kier molecular flexibility index (Phi) is 5.67. The normalized spacial score (nSPS) is 16.2. The van der Waals surface area contributed by atoms with Crippen molar-refractivity contribution in [1.29, 1.82) is 0 Å². The number of hydrogen-bond donors (Lipinski definition) is 1. The summed E-state index contributed by atoms with van der Waals surface area (Å²) in [5.74, 6) is 0.817. The van der Waals surface area contributed by atoms with E-state index in [0.717, 1.165) is 30.8 Å². The first-order valence-electron chi connectivity index (χ1n) is 10.1. The first-order valence-corrected chi connectivity index (χ1v) is 10.1. The minimum atomic E-state index is -0.390. The third-order valence-electron chi connectivity index (χ3n) is 5.34. The molecule has 3 aromatic rings. The number of carbonyl (C=O) groups excluding carboxylic acids is 1. The molecule has 0 saturated carbocycles. The minimum Gasteiger partial charge on any atom is -0.455 e. The van der Waals surface area contributed by atoms with Gasteiger partial charge in [-0.3, -0.25) is 19.8 Å². The molecule has 0 aliphatic carbocycles. The van der Waals surface area contributed by atoms with Crippen LogP contribution in [0.2, 0.25) is 0 Å². The second-order valence-electron chi connectivity index (χ2n) is 7.37. The van der Waals surface area contributed by atoms with Crippen LogP contribution in [0.15, 0.2) is 59.1 Å². The molecule has 1 unspecified atom stereocenters. The summed E-state index contributed by atoms with van der Waals surface area (Å²) in [6.45, 7) is 4.78. The van der Waals surface area contributed by atoms with Gasteiger partial charge in [-0.15, -0.1) is 0 Å². The van der Waals surface area contributed by atoms with E-state index in [9.17, 15) is 14.9 Å². The van der Waals surface area contributed by atoms with Gasteiger partial charge in [0.05, 0.1) is 17.5 Å². The van der Waals surface area contributed by atoms with Crippen LogP contribution in [0, 0.1) is 10.1 Å². The van der Waals surface area contributed by atoms with Crippen molar-refractivity contribution < 1.29 is 14.1 Å². The lowest BCUT2D eigenvalue weighted by Gasteiger charge is -2.36. The molecule has 8 heteroatoms. The summed E-state index contributed by atoms with van der Waals surface area (Å²) >= 11 is 0. The number of nitro benzene ring substituents is 1. The van der Waals surface area contributed by atoms with Crippen LogP contribution in [0.1, 0.15) is 47.0 Å². The highest BCUT2D eigenvalue weighted by atomic mass is 16.6. The van der Waals surface area contributed by atoms with Gasteiger partial charge in [0.2, 0.25) is 0 Å². The number of amides is 1. The van der Waals surface area contributed by atoms with E-state index >= 15 is 0 Å². The fraction of sp³-hybridized carbons (Fsp3) is 0.318. The van der Waals surface area contributed by atoms with E-state index in [4.69, 9.17) is 4.42 Å². The predicted molar refractivity (Wildman–Crippen MR) is 111 cm³/mol. The van der Waals surface area contributed by atoms with Crippen molar-refractivity contribution >= 4 is 11.6 Å². The van der Waals surface area contributed by atoms with E-state index in [1.54, 1.807) is 18.2 Å². The fourth-order valence-corrected chi connectivity index (χ4v) is 3.87. The number of non-ortho nitro benzene ring substituents is 1. The van der Waals surface area contributed by atoms with E-state index < -0.39 is 0 Å².